The summed E-state index contributed by atoms with van der Waals surface area (Å²) in [6, 6.07) is 0.317. The molecule has 22 heavy (non-hydrogen) atoms. The van der Waals surface area contributed by atoms with Crippen LogP contribution in [0, 0.1) is 22.7 Å². The Morgan fingerprint density at radius 3 is 2.32 bits per heavy atom. The average molecular weight is 307 g/mol. The van der Waals surface area contributed by atoms with Gasteiger partial charge in [-0.2, -0.15) is 0 Å². The molecule has 4 heteroatoms. The Kier molecular flexibility index (Phi) is 3.77. The number of likely N-dealkylation sites (tertiary alicyclic amines) is 1. The Hall–Kier alpha value is -1.06. The molecule has 3 fully saturated rings. The topological polar surface area (TPSA) is 57.6 Å². The monoisotopic (exact) mass is 307 g/mol. The van der Waals surface area contributed by atoms with E-state index in [9.17, 15) is 14.7 Å². The van der Waals surface area contributed by atoms with Gasteiger partial charge >= 0.3 is 5.97 Å². The highest BCUT2D eigenvalue weighted by atomic mass is 16.4. The van der Waals surface area contributed by atoms with Crippen LogP contribution >= 0.6 is 0 Å². The fourth-order valence-corrected chi connectivity index (χ4v) is 5.65. The standard InChI is InChI=1S/C18H29NO3/c1-17(2)8-12-9-18(3,10-17)11-19(12)15(20)13-6-4-5-7-14(13)16(21)22/h12-14H,4-11H2,1-3H3,(H,21,22)/t12-,13-,14+,18+/m0/s1. The minimum atomic E-state index is -0.785. The van der Waals surface area contributed by atoms with Gasteiger partial charge in [0.15, 0.2) is 0 Å². The number of hydrogen-bond donors (Lipinski definition) is 1. The summed E-state index contributed by atoms with van der Waals surface area (Å²) in [6.45, 7) is 7.71. The van der Waals surface area contributed by atoms with E-state index in [4.69, 9.17) is 0 Å². The summed E-state index contributed by atoms with van der Waals surface area (Å²) in [7, 11) is 0. The molecular formula is C18H29NO3. The van der Waals surface area contributed by atoms with E-state index in [1.54, 1.807) is 0 Å². The summed E-state index contributed by atoms with van der Waals surface area (Å²) in [5, 5.41) is 9.45. The molecule has 4 atom stereocenters. The molecule has 1 N–H and O–H groups in total. The van der Waals surface area contributed by atoms with Gasteiger partial charge in [0.2, 0.25) is 5.91 Å². The third-order valence-corrected chi connectivity index (χ3v) is 6.10. The molecule has 1 saturated heterocycles. The molecule has 0 aromatic rings. The normalized spacial score (nSPS) is 40.5. The lowest BCUT2D eigenvalue weighted by atomic mass is 9.65. The van der Waals surface area contributed by atoms with E-state index in [2.05, 4.69) is 25.7 Å². The Bertz CT molecular complexity index is 487. The molecular weight excluding hydrogens is 278 g/mol. The van der Waals surface area contributed by atoms with Gasteiger partial charge in [-0.05, 0) is 42.9 Å². The van der Waals surface area contributed by atoms with Crippen molar-refractivity contribution < 1.29 is 14.7 Å². The molecule has 2 saturated carbocycles. The molecule has 1 amide bonds. The predicted molar refractivity (Wildman–Crippen MR) is 84.3 cm³/mol. The SMILES string of the molecule is CC1(C)C[C@H]2C[C@@](C)(CN2C(=O)[C@H]2CCCC[C@H]2C(=O)O)C1. The van der Waals surface area contributed by atoms with Crippen molar-refractivity contribution >= 4 is 11.9 Å². The largest absolute Gasteiger partial charge is 0.481 e. The Morgan fingerprint density at radius 2 is 1.68 bits per heavy atom. The third-order valence-electron chi connectivity index (χ3n) is 6.10. The lowest BCUT2D eigenvalue weighted by Gasteiger charge is -2.40. The average Bonchev–Trinajstić information content (AvgIpc) is 2.67. The molecule has 2 aliphatic carbocycles. The maximum Gasteiger partial charge on any atom is 0.307 e. The van der Waals surface area contributed by atoms with Crippen LogP contribution in [0.4, 0.5) is 0 Å². The highest BCUT2D eigenvalue weighted by Gasteiger charge is 2.52. The highest BCUT2D eigenvalue weighted by molar-refractivity contribution is 5.85. The first-order chi connectivity index (χ1) is 10.2. The van der Waals surface area contributed by atoms with Gasteiger partial charge in [-0.15, -0.1) is 0 Å². The van der Waals surface area contributed by atoms with E-state index in [1.807, 2.05) is 0 Å². The van der Waals surface area contributed by atoms with Gasteiger partial charge in [0.05, 0.1) is 11.8 Å². The zero-order valence-electron chi connectivity index (χ0n) is 14.1. The minimum Gasteiger partial charge on any atom is -0.481 e. The van der Waals surface area contributed by atoms with Crippen molar-refractivity contribution in [2.24, 2.45) is 22.7 Å². The maximum atomic E-state index is 13.1. The van der Waals surface area contributed by atoms with Gasteiger partial charge in [-0.25, -0.2) is 0 Å². The summed E-state index contributed by atoms with van der Waals surface area (Å²) < 4.78 is 0. The number of carboxylic acid groups (broad SMARTS) is 1. The number of hydrogen-bond acceptors (Lipinski definition) is 2. The number of nitrogens with zero attached hydrogens (tertiary/aromatic N) is 1. The van der Waals surface area contributed by atoms with E-state index in [-0.39, 0.29) is 22.7 Å². The second kappa shape index (κ2) is 5.24. The minimum absolute atomic E-state index is 0.124. The first-order valence-corrected chi connectivity index (χ1v) is 8.74. The van der Waals surface area contributed by atoms with E-state index < -0.39 is 11.9 Å². The quantitative estimate of drug-likeness (QED) is 0.851. The number of fused-ring (bicyclic) bond motifs is 2. The van der Waals surface area contributed by atoms with Gasteiger partial charge in [0.25, 0.3) is 0 Å². The van der Waals surface area contributed by atoms with Gasteiger partial charge in [0.1, 0.15) is 0 Å². The number of carbonyl (C=O) groups excluding carboxylic acids is 1. The molecule has 1 heterocycles. The van der Waals surface area contributed by atoms with Crippen LogP contribution in [0.5, 0.6) is 0 Å². The van der Waals surface area contributed by atoms with Crippen LogP contribution < -0.4 is 0 Å². The molecule has 4 nitrogen and oxygen atoms in total. The van der Waals surface area contributed by atoms with Crippen LogP contribution in [0.25, 0.3) is 0 Å². The maximum absolute atomic E-state index is 13.1. The van der Waals surface area contributed by atoms with E-state index in [0.717, 1.165) is 45.1 Å². The summed E-state index contributed by atoms with van der Waals surface area (Å²) in [4.78, 5) is 26.6. The zero-order valence-corrected chi connectivity index (χ0v) is 14.1. The smallest absolute Gasteiger partial charge is 0.307 e. The van der Waals surface area contributed by atoms with Crippen molar-refractivity contribution in [2.45, 2.75) is 71.8 Å². The Balaban J connectivity index is 1.79. The number of rotatable bonds is 2. The molecule has 124 valence electrons. The fraction of sp³-hybridized carbons (Fsp3) is 0.889. The Labute approximate surface area is 133 Å². The van der Waals surface area contributed by atoms with Crippen molar-refractivity contribution in [2.75, 3.05) is 6.54 Å². The van der Waals surface area contributed by atoms with Gasteiger partial charge < -0.3 is 10.0 Å². The van der Waals surface area contributed by atoms with E-state index in [0.29, 0.717) is 12.5 Å². The Morgan fingerprint density at radius 1 is 1.05 bits per heavy atom. The molecule has 3 aliphatic rings. The van der Waals surface area contributed by atoms with Crippen molar-refractivity contribution in [1.82, 2.24) is 4.90 Å². The summed E-state index contributed by atoms with van der Waals surface area (Å²) >= 11 is 0. The van der Waals surface area contributed by atoms with Gasteiger partial charge in [0, 0.05) is 12.6 Å². The van der Waals surface area contributed by atoms with Crippen LogP contribution in [0.15, 0.2) is 0 Å². The number of aliphatic carboxylic acids is 1. The molecule has 0 aromatic carbocycles. The molecule has 2 bridgehead atoms. The first kappa shape index (κ1) is 15.8. The lowest BCUT2D eigenvalue weighted by Crippen LogP contribution is -2.45. The van der Waals surface area contributed by atoms with E-state index >= 15 is 0 Å². The molecule has 0 aromatic heterocycles. The lowest BCUT2D eigenvalue weighted by molar-refractivity contribution is -0.152. The van der Waals surface area contributed by atoms with Crippen molar-refractivity contribution in [1.29, 1.82) is 0 Å². The van der Waals surface area contributed by atoms with Gasteiger partial charge in [-0.1, -0.05) is 33.6 Å². The summed E-state index contributed by atoms with van der Waals surface area (Å²) in [5.74, 6) is -1.43. The second-order valence-electron chi connectivity index (χ2n) is 9.02. The summed E-state index contributed by atoms with van der Waals surface area (Å²) in [5.41, 5.74) is 0.501. The molecule has 0 unspecified atom stereocenters. The highest BCUT2D eigenvalue weighted by Crippen LogP contribution is 2.53. The van der Waals surface area contributed by atoms with Crippen LogP contribution in [0.3, 0.4) is 0 Å². The molecule has 0 radical (unpaired) electrons. The predicted octanol–water partition coefficient (Wildman–Crippen LogP) is 3.30. The van der Waals surface area contributed by atoms with Gasteiger partial charge in [-0.3, -0.25) is 9.59 Å². The van der Waals surface area contributed by atoms with Crippen molar-refractivity contribution in [3.63, 3.8) is 0 Å². The number of amides is 1. The fourth-order valence-electron chi connectivity index (χ4n) is 5.65. The number of carboxylic acids is 1. The third kappa shape index (κ3) is 2.77. The van der Waals surface area contributed by atoms with Crippen molar-refractivity contribution in [3.8, 4) is 0 Å². The first-order valence-electron chi connectivity index (χ1n) is 8.74. The second-order valence-corrected chi connectivity index (χ2v) is 9.02. The zero-order chi connectivity index (χ0) is 16.1. The molecule has 3 rings (SSSR count). The number of carbonyl (C=O) groups is 2. The molecule has 1 aliphatic heterocycles. The van der Waals surface area contributed by atoms with Crippen molar-refractivity contribution in [3.05, 3.63) is 0 Å². The van der Waals surface area contributed by atoms with Crippen LogP contribution in [-0.2, 0) is 9.59 Å². The van der Waals surface area contributed by atoms with E-state index in [1.165, 1.54) is 0 Å². The van der Waals surface area contributed by atoms with Crippen LogP contribution in [-0.4, -0.2) is 34.5 Å². The summed E-state index contributed by atoms with van der Waals surface area (Å²) in [6.07, 6.45) is 6.64. The molecule has 0 spiro atoms. The van der Waals surface area contributed by atoms with Crippen LogP contribution in [0.1, 0.15) is 65.7 Å². The van der Waals surface area contributed by atoms with Crippen LogP contribution in [0.2, 0.25) is 0 Å².